The van der Waals surface area contributed by atoms with Gasteiger partial charge in [0.25, 0.3) is 0 Å². The molecule has 0 fully saturated rings. The standard InChI is InChI=1S/C6H12.Mg.2H/c1-4-6(3)5-2;;;/h4,6H,1,5H2,2-3H3;;;/q;+2;2*-1. The van der Waals surface area contributed by atoms with Crippen molar-refractivity contribution in [3.8, 4) is 0 Å². The summed E-state index contributed by atoms with van der Waals surface area (Å²) < 4.78 is 0. The summed E-state index contributed by atoms with van der Waals surface area (Å²) in [5, 5.41) is 0. The summed E-state index contributed by atoms with van der Waals surface area (Å²) in [6.07, 6.45) is 3.18. The zero-order valence-corrected chi connectivity index (χ0v) is 6.69. The van der Waals surface area contributed by atoms with Gasteiger partial charge in [-0.1, -0.05) is 26.3 Å². The Morgan fingerprint density at radius 3 is 2.29 bits per heavy atom. The van der Waals surface area contributed by atoms with Gasteiger partial charge in [-0.25, -0.2) is 0 Å². The van der Waals surface area contributed by atoms with Gasteiger partial charge in [-0.3, -0.25) is 0 Å². The van der Waals surface area contributed by atoms with Crippen LogP contribution in [0.15, 0.2) is 12.7 Å². The molecule has 0 aromatic rings. The first-order valence-electron chi connectivity index (χ1n) is 2.43. The first-order valence-corrected chi connectivity index (χ1v) is 2.43. The molecule has 0 saturated heterocycles. The van der Waals surface area contributed by atoms with Crippen LogP contribution in [0.2, 0.25) is 0 Å². The van der Waals surface area contributed by atoms with Gasteiger partial charge in [0.1, 0.15) is 0 Å². The molecule has 1 unspecified atom stereocenters. The molecule has 0 N–H and O–H groups in total. The predicted molar refractivity (Wildman–Crippen MR) is 37.6 cm³/mol. The van der Waals surface area contributed by atoms with Gasteiger partial charge < -0.3 is 2.85 Å². The second kappa shape index (κ2) is 6.51. The van der Waals surface area contributed by atoms with E-state index in [1.807, 2.05) is 6.08 Å². The fourth-order valence-electron chi connectivity index (χ4n) is 0.167. The third kappa shape index (κ3) is 6.51. The van der Waals surface area contributed by atoms with Crippen LogP contribution in [0.4, 0.5) is 0 Å². The van der Waals surface area contributed by atoms with Crippen LogP contribution in [0.25, 0.3) is 0 Å². The molecule has 0 aliphatic rings. The van der Waals surface area contributed by atoms with Gasteiger partial charge in [-0.05, 0) is 5.92 Å². The van der Waals surface area contributed by atoms with Crippen molar-refractivity contribution < 1.29 is 2.85 Å². The van der Waals surface area contributed by atoms with Crippen LogP contribution in [-0.2, 0) is 0 Å². The maximum Gasteiger partial charge on any atom is 2.00 e. The Hall–Kier alpha value is 0.506. The Labute approximate surface area is 65.1 Å². The minimum Gasteiger partial charge on any atom is -1.00 e. The first kappa shape index (κ1) is 10.5. The second-order valence-electron chi connectivity index (χ2n) is 1.62. The van der Waals surface area contributed by atoms with Crippen LogP contribution in [0, 0.1) is 5.92 Å². The zero-order valence-electron chi connectivity index (χ0n) is 7.28. The van der Waals surface area contributed by atoms with E-state index in [1.165, 1.54) is 6.42 Å². The van der Waals surface area contributed by atoms with E-state index in [9.17, 15) is 0 Å². The zero-order chi connectivity index (χ0) is 4.99. The van der Waals surface area contributed by atoms with Crippen LogP contribution >= 0.6 is 0 Å². The molecule has 1 heteroatoms. The van der Waals surface area contributed by atoms with E-state index in [1.54, 1.807) is 0 Å². The van der Waals surface area contributed by atoms with Crippen LogP contribution in [0.1, 0.15) is 23.1 Å². The molecule has 0 radical (unpaired) electrons. The van der Waals surface area contributed by atoms with Crippen molar-refractivity contribution in [1.29, 1.82) is 0 Å². The van der Waals surface area contributed by atoms with E-state index < -0.39 is 0 Å². The Kier molecular flexibility index (Phi) is 9.74. The number of hydrogen-bond donors (Lipinski definition) is 0. The summed E-state index contributed by atoms with van der Waals surface area (Å²) in [6, 6.07) is 0. The molecule has 0 bridgehead atoms. The molecule has 7 heavy (non-hydrogen) atoms. The molecule has 0 aliphatic heterocycles. The molecule has 0 nitrogen and oxygen atoms in total. The van der Waals surface area contributed by atoms with Crippen LogP contribution in [0.5, 0.6) is 0 Å². The summed E-state index contributed by atoms with van der Waals surface area (Å²) in [5.74, 6) is 0.699. The average Bonchev–Trinajstić information content (AvgIpc) is 1.65. The fourth-order valence-corrected chi connectivity index (χ4v) is 0.167. The summed E-state index contributed by atoms with van der Waals surface area (Å²) >= 11 is 0. The van der Waals surface area contributed by atoms with Crippen molar-refractivity contribution in [2.45, 2.75) is 20.3 Å². The first-order chi connectivity index (χ1) is 2.81. The summed E-state index contributed by atoms with van der Waals surface area (Å²) in [6.45, 7) is 7.95. The molecule has 0 rings (SSSR count). The van der Waals surface area contributed by atoms with E-state index in [0.29, 0.717) is 5.92 Å². The predicted octanol–water partition coefficient (Wildman–Crippen LogP) is 2.06. The normalized spacial score (nSPS) is 11.7. The Morgan fingerprint density at radius 1 is 1.86 bits per heavy atom. The summed E-state index contributed by atoms with van der Waals surface area (Å²) in [5.41, 5.74) is 0. The number of rotatable bonds is 2. The average molecular weight is 110 g/mol. The van der Waals surface area contributed by atoms with Crippen LogP contribution in [-0.4, -0.2) is 23.1 Å². The molecular weight excluding hydrogens is 96.4 g/mol. The maximum atomic E-state index is 3.63. The fraction of sp³-hybridized carbons (Fsp3) is 0.667. The molecule has 1 atom stereocenters. The van der Waals surface area contributed by atoms with Gasteiger partial charge in [0.15, 0.2) is 0 Å². The van der Waals surface area contributed by atoms with E-state index in [2.05, 4.69) is 20.4 Å². The molecule has 0 saturated carbocycles. The van der Waals surface area contributed by atoms with E-state index in [-0.39, 0.29) is 25.9 Å². The van der Waals surface area contributed by atoms with Crippen molar-refractivity contribution in [1.82, 2.24) is 0 Å². The molecular formula is C6H14Mg. The van der Waals surface area contributed by atoms with Gasteiger partial charge in [-0.2, -0.15) is 0 Å². The van der Waals surface area contributed by atoms with Crippen molar-refractivity contribution in [3.05, 3.63) is 12.7 Å². The number of hydrogen-bond acceptors (Lipinski definition) is 0. The summed E-state index contributed by atoms with van der Waals surface area (Å²) in [7, 11) is 0. The smallest absolute Gasteiger partial charge is 1.00 e. The molecule has 0 aromatic heterocycles. The Balaban J connectivity index is -0.0000000417. The van der Waals surface area contributed by atoms with Crippen LogP contribution in [0.3, 0.4) is 0 Å². The quantitative estimate of drug-likeness (QED) is 0.377. The van der Waals surface area contributed by atoms with Crippen molar-refractivity contribution in [2.24, 2.45) is 5.92 Å². The van der Waals surface area contributed by atoms with Gasteiger partial charge in [-0.15, -0.1) is 6.58 Å². The molecule has 40 valence electrons. The van der Waals surface area contributed by atoms with Crippen molar-refractivity contribution in [3.63, 3.8) is 0 Å². The third-order valence-corrected chi connectivity index (χ3v) is 1.05. The molecule has 0 spiro atoms. The molecule has 0 aliphatic carbocycles. The van der Waals surface area contributed by atoms with E-state index >= 15 is 0 Å². The maximum absolute atomic E-state index is 3.63. The molecule has 0 heterocycles. The van der Waals surface area contributed by atoms with Crippen molar-refractivity contribution in [2.75, 3.05) is 0 Å². The topological polar surface area (TPSA) is 0 Å². The van der Waals surface area contributed by atoms with Crippen LogP contribution < -0.4 is 0 Å². The third-order valence-electron chi connectivity index (χ3n) is 1.05. The SMILES string of the molecule is C=CC(C)CC.[H-].[H-].[Mg+2]. The van der Waals surface area contributed by atoms with E-state index in [0.717, 1.165) is 0 Å². The van der Waals surface area contributed by atoms with Gasteiger partial charge in [0, 0.05) is 0 Å². The molecule has 0 amide bonds. The Morgan fingerprint density at radius 2 is 2.29 bits per heavy atom. The van der Waals surface area contributed by atoms with Gasteiger partial charge in [0.2, 0.25) is 0 Å². The summed E-state index contributed by atoms with van der Waals surface area (Å²) in [4.78, 5) is 0. The van der Waals surface area contributed by atoms with E-state index in [4.69, 9.17) is 0 Å². The minimum absolute atomic E-state index is 0. The second-order valence-corrected chi connectivity index (χ2v) is 1.62. The van der Waals surface area contributed by atoms with Gasteiger partial charge in [0.05, 0.1) is 0 Å². The van der Waals surface area contributed by atoms with Gasteiger partial charge >= 0.3 is 23.1 Å². The minimum atomic E-state index is 0. The molecule has 0 aromatic carbocycles. The monoisotopic (exact) mass is 110 g/mol. The largest absolute Gasteiger partial charge is 2.00 e. The number of allylic oxidation sites excluding steroid dienone is 1. The van der Waals surface area contributed by atoms with Crippen molar-refractivity contribution >= 4 is 23.1 Å². The Bertz CT molecular complexity index is 48.3.